The maximum Gasteiger partial charge on any atom is 0.220 e. The first-order valence-corrected chi connectivity index (χ1v) is 15.2. The van der Waals surface area contributed by atoms with E-state index in [2.05, 4.69) is 54.9 Å². The smallest absolute Gasteiger partial charge is 0.200 e. The minimum absolute atomic E-state index is 0.616. The van der Waals surface area contributed by atoms with Gasteiger partial charge in [-0.2, -0.15) is 0 Å². The van der Waals surface area contributed by atoms with Gasteiger partial charge in [-0.1, -0.05) is 76.0 Å². The van der Waals surface area contributed by atoms with E-state index in [-0.39, 0.29) is 0 Å². The molecule has 0 unspecified atom stereocenters. The fraction of sp³-hybridized carbons (Fsp3) is 0.571. The Balaban J connectivity index is 1.52. The predicted molar refractivity (Wildman–Crippen MR) is 153 cm³/mol. The van der Waals surface area contributed by atoms with Crippen molar-refractivity contribution < 1.29 is 5.94 Å². The van der Waals surface area contributed by atoms with Crippen molar-refractivity contribution in [2.24, 2.45) is 7.05 Å². The Hall–Kier alpha value is -2.15. The van der Waals surface area contributed by atoms with Crippen LogP contribution in [0.3, 0.4) is 0 Å². The molecular formula is C35H46N+. The van der Waals surface area contributed by atoms with E-state index in [1.807, 2.05) is 0 Å². The first-order chi connectivity index (χ1) is 18.1. The zero-order valence-electron chi connectivity index (χ0n) is 23.7. The van der Waals surface area contributed by atoms with Crippen LogP contribution in [0.25, 0.3) is 22.0 Å². The van der Waals surface area contributed by atoms with Crippen molar-refractivity contribution in [1.82, 2.24) is 0 Å². The van der Waals surface area contributed by atoms with Gasteiger partial charge in [0.15, 0.2) is 6.17 Å². The highest BCUT2D eigenvalue weighted by atomic mass is 14.9. The molecule has 1 aromatic heterocycles. The fourth-order valence-electron chi connectivity index (χ4n) is 7.86. The molecule has 3 fully saturated rings. The number of rotatable bonds is 4. The van der Waals surface area contributed by atoms with Crippen molar-refractivity contribution in [3.63, 3.8) is 0 Å². The van der Waals surface area contributed by atoms with E-state index in [0.717, 1.165) is 0 Å². The van der Waals surface area contributed by atoms with E-state index in [9.17, 15) is 0 Å². The van der Waals surface area contributed by atoms with Crippen molar-refractivity contribution in [2.75, 3.05) is 0 Å². The Kier molecular flexibility index (Phi) is 6.83. The molecule has 3 aromatic rings. The van der Waals surface area contributed by atoms with E-state index >= 15 is 0 Å². The second-order valence-electron chi connectivity index (χ2n) is 12.3. The van der Waals surface area contributed by atoms with Gasteiger partial charge in [0, 0.05) is 6.07 Å². The molecule has 0 N–H and O–H groups in total. The summed E-state index contributed by atoms with van der Waals surface area (Å²) in [5.41, 5.74) is 8.77. The van der Waals surface area contributed by atoms with Crippen LogP contribution in [0.4, 0.5) is 0 Å². The summed E-state index contributed by atoms with van der Waals surface area (Å²) in [5, 5.41) is 2.57. The van der Waals surface area contributed by atoms with Gasteiger partial charge in [0.05, 0.1) is 10.9 Å². The Bertz CT molecular complexity index is 1260. The summed E-state index contributed by atoms with van der Waals surface area (Å²) in [4.78, 5) is 0. The molecule has 0 aliphatic heterocycles. The Morgan fingerprint density at radius 3 is 1.89 bits per heavy atom. The highest BCUT2D eigenvalue weighted by Gasteiger charge is 2.27. The first kappa shape index (κ1) is 23.0. The normalized spacial score (nSPS) is 21.1. The molecule has 1 heteroatoms. The maximum atomic E-state index is 8.94. The summed E-state index contributed by atoms with van der Waals surface area (Å²) in [6, 6.07) is 14.5. The highest BCUT2D eigenvalue weighted by Crippen LogP contribution is 2.43. The number of nitrogens with zero attached hydrogens (tertiary/aromatic N) is 1. The van der Waals surface area contributed by atoms with Crippen LogP contribution in [0.5, 0.6) is 0 Å². The minimum Gasteiger partial charge on any atom is -0.200 e. The van der Waals surface area contributed by atoms with Crippen LogP contribution in [0, 0.1) is 6.92 Å². The third kappa shape index (κ3) is 4.75. The quantitative estimate of drug-likeness (QED) is 0.326. The van der Waals surface area contributed by atoms with Crippen molar-refractivity contribution in [2.45, 2.75) is 121 Å². The lowest BCUT2D eigenvalue weighted by atomic mass is 9.76. The average Bonchev–Trinajstić information content (AvgIpc) is 2.95. The number of benzene rings is 2. The van der Waals surface area contributed by atoms with Gasteiger partial charge in [-0.05, 0) is 103 Å². The lowest BCUT2D eigenvalue weighted by Gasteiger charge is -2.28. The molecule has 1 nitrogen and oxygen atoms in total. The zero-order chi connectivity index (χ0) is 25.4. The molecule has 0 bridgehead atoms. The van der Waals surface area contributed by atoms with E-state index in [4.69, 9.17) is 1.37 Å². The summed E-state index contributed by atoms with van der Waals surface area (Å²) >= 11 is 0. The highest BCUT2D eigenvalue weighted by molar-refractivity contribution is 5.94. The molecule has 3 saturated carbocycles. The summed E-state index contributed by atoms with van der Waals surface area (Å²) in [7, 11) is 2.11. The first-order valence-electron chi connectivity index (χ1n) is 15.7. The third-order valence-corrected chi connectivity index (χ3v) is 10.0. The molecule has 1 heterocycles. The van der Waals surface area contributed by atoms with Crippen LogP contribution in [-0.2, 0) is 7.05 Å². The van der Waals surface area contributed by atoms with Crippen LogP contribution in [0.15, 0.2) is 42.6 Å². The second kappa shape index (κ2) is 10.7. The van der Waals surface area contributed by atoms with Gasteiger partial charge in [-0.25, -0.2) is 4.57 Å². The third-order valence-electron chi connectivity index (χ3n) is 10.0. The molecule has 3 aliphatic rings. The summed E-state index contributed by atoms with van der Waals surface area (Å²) in [5.74, 6) is 2.09. The fourth-order valence-corrected chi connectivity index (χ4v) is 7.86. The molecule has 190 valence electrons. The molecule has 6 rings (SSSR count). The number of pyridine rings is 1. The molecule has 3 aliphatic carbocycles. The monoisotopic (exact) mass is 481 g/mol. The number of hydrogen-bond donors (Lipinski definition) is 0. The lowest BCUT2D eigenvalue weighted by Crippen LogP contribution is -2.31. The largest absolute Gasteiger partial charge is 0.220 e. The standard InChI is InChI=1S/C35H46N/c1-25-33(28-16-10-5-11-17-28)23-31(27-14-8-4-9-15-27)24-34(25)35-32-19-18-29(26-12-6-3-7-13-26)22-30(32)20-21-36(35)2/h18-24,26-28H,3-17H2,1-2H3/q+1/i21D. The molecular weight excluding hydrogens is 434 g/mol. The van der Waals surface area contributed by atoms with Gasteiger partial charge in [-0.3, -0.25) is 0 Å². The van der Waals surface area contributed by atoms with E-state index < -0.39 is 0 Å². The lowest BCUT2D eigenvalue weighted by molar-refractivity contribution is -0.659. The van der Waals surface area contributed by atoms with Gasteiger partial charge in [0.25, 0.3) is 0 Å². The summed E-state index contributed by atoms with van der Waals surface area (Å²) in [6.45, 7) is 2.38. The van der Waals surface area contributed by atoms with Crippen LogP contribution < -0.4 is 4.57 Å². The molecule has 0 spiro atoms. The van der Waals surface area contributed by atoms with Crippen LogP contribution >= 0.6 is 0 Å². The van der Waals surface area contributed by atoms with Gasteiger partial charge < -0.3 is 0 Å². The molecule has 0 amide bonds. The number of aromatic nitrogens is 1. The Labute approximate surface area is 220 Å². The summed E-state index contributed by atoms with van der Waals surface area (Å²) < 4.78 is 11.1. The van der Waals surface area contributed by atoms with Gasteiger partial charge in [0.2, 0.25) is 5.69 Å². The molecule has 0 atom stereocenters. The molecule has 0 saturated heterocycles. The SMILES string of the molecule is [2H]c1cc2cc(C3CCCCC3)ccc2c(-c2cc(C3CCCCC3)cc(C3CCCCC3)c2C)[n+]1C. The maximum absolute atomic E-state index is 8.94. The Morgan fingerprint density at radius 1 is 0.667 bits per heavy atom. The van der Waals surface area contributed by atoms with Crippen molar-refractivity contribution in [1.29, 1.82) is 0 Å². The second-order valence-corrected chi connectivity index (χ2v) is 12.3. The zero-order valence-corrected chi connectivity index (χ0v) is 22.7. The Morgan fingerprint density at radius 2 is 1.25 bits per heavy atom. The molecule has 36 heavy (non-hydrogen) atoms. The predicted octanol–water partition coefficient (Wildman–Crippen LogP) is 9.78. The van der Waals surface area contributed by atoms with Crippen LogP contribution in [0.1, 0.15) is 138 Å². The van der Waals surface area contributed by atoms with E-state index in [0.29, 0.717) is 23.9 Å². The van der Waals surface area contributed by atoms with Crippen molar-refractivity contribution >= 4 is 10.8 Å². The van der Waals surface area contributed by atoms with E-state index in [1.165, 1.54) is 129 Å². The van der Waals surface area contributed by atoms with Crippen LogP contribution in [0.2, 0.25) is 0 Å². The number of fused-ring (bicyclic) bond motifs is 1. The van der Waals surface area contributed by atoms with Gasteiger partial charge in [-0.15, -0.1) is 0 Å². The van der Waals surface area contributed by atoms with Crippen molar-refractivity contribution in [3.8, 4) is 11.3 Å². The minimum atomic E-state index is 0.616. The average molecular weight is 482 g/mol. The van der Waals surface area contributed by atoms with E-state index in [1.54, 1.807) is 11.1 Å². The number of hydrogen-bond acceptors (Lipinski definition) is 0. The van der Waals surface area contributed by atoms with Crippen LogP contribution in [-0.4, -0.2) is 0 Å². The topological polar surface area (TPSA) is 3.88 Å². The van der Waals surface area contributed by atoms with Gasteiger partial charge >= 0.3 is 0 Å². The van der Waals surface area contributed by atoms with Gasteiger partial charge in [0.1, 0.15) is 8.42 Å². The molecule has 2 aromatic carbocycles. The summed E-state index contributed by atoms with van der Waals surface area (Å²) in [6.07, 6.45) is 21.0. The van der Waals surface area contributed by atoms with Crippen molar-refractivity contribution in [3.05, 3.63) is 64.8 Å². The molecule has 0 radical (unpaired) electrons.